The van der Waals surface area contributed by atoms with Crippen LogP contribution in [-0.4, -0.2) is 35.4 Å². The number of carbonyl (C=O) groups excluding carboxylic acids is 2. The van der Waals surface area contributed by atoms with Crippen molar-refractivity contribution in [3.63, 3.8) is 0 Å². The van der Waals surface area contributed by atoms with Crippen LogP contribution in [0.3, 0.4) is 0 Å². The molecule has 0 unspecified atom stereocenters. The van der Waals surface area contributed by atoms with Gasteiger partial charge in [-0.1, -0.05) is 18.2 Å². The lowest BCUT2D eigenvalue weighted by atomic mass is 9.98. The molecule has 0 spiro atoms. The van der Waals surface area contributed by atoms with Crippen LogP contribution in [0.4, 0.5) is 31.0 Å². The van der Waals surface area contributed by atoms with E-state index in [0.717, 1.165) is 22.6 Å². The summed E-state index contributed by atoms with van der Waals surface area (Å²) in [5.74, 6) is -1.65. The maximum atomic E-state index is 14.6. The van der Waals surface area contributed by atoms with Crippen LogP contribution in [0.15, 0.2) is 36.4 Å². The molecule has 0 fully saturated rings. The number of benzene rings is 2. The van der Waals surface area contributed by atoms with Gasteiger partial charge < -0.3 is 16.4 Å². The first-order chi connectivity index (χ1) is 15.4. The summed E-state index contributed by atoms with van der Waals surface area (Å²) in [6.07, 6.45) is 0.715. The zero-order valence-electron chi connectivity index (χ0n) is 17.2. The molecular formula is C22H20F2N6O2. The van der Waals surface area contributed by atoms with E-state index >= 15 is 0 Å². The quantitative estimate of drug-likeness (QED) is 0.509. The second-order valence-electron chi connectivity index (χ2n) is 7.17. The highest BCUT2D eigenvalue weighted by molar-refractivity contribution is 6.02. The Balaban J connectivity index is 2.00. The normalized spacial score (nSPS) is 12.9. The second kappa shape index (κ2) is 8.67. The van der Waals surface area contributed by atoms with Crippen molar-refractivity contribution in [2.24, 2.45) is 5.73 Å². The van der Waals surface area contributed by atoms with E-state index in [-0.39, 0.29) is 18.3 Å². The smallest absolute Gasteiger partial charge is 0.328 e. The lowest BCUT2D eigenvalue weighted by Crippen LogP contribution is -2.43. The Kier molecular flexibility index (Phi) is 5.78. The summed E-state index contributed by atoms with van der Waals surface area (Å²) in [4.78, 5) is 33.9. The molecule has 0 saturated heterocycles. The van der Waals surface area contributed by atoms with Crippen molar-refractivity contribution >= 4 is 29.8 Å². The Morgan fingerprint density at radius 1 is 1.22 bits per heavy atom. The minimum atomic E-state index is -0.913. The number of nitrogens with two attached hydrogens (primary N) is 1. The summed E-state index contributed by atoms with van der Waals surface area (Å²) in [5.41, 5.74) is 7.81. The second-order valence-corrected chi connectivity index (χ2v) is 7.17. The number of urea groups is 1. The maximum Gasteiger partial charge on any atom is 0.328 e. The predicted molar refractivity (Wildman–Crippen MR) is 116 cm³/mol. The molecule has 1 aliphatic rings. The third kappa shape index (κ3) is 3.76. The fourth-order valence-corrected chi connectivity index (χ4v) is 3.52. The van der Waals surface area contributed by atoms with Gasteiger partial charge in [0, 0.05) is 29.8 Å². The number of anilines is 3. The van der Waals surface area contributed by atoms with Crippen LogP contribution in [0.2, 0.25) is 0 Å². The Labute approximate surface area is 182 Å². The zero-order valence-corrected chi connectivity index (χ0v) is 17.2. The monoisotopic (exact) mass is 438 g/mol. The number of hydrogen-bond donors (Lipinski definition) is 3. The van der Waals surface area contributed by atoms with Gasteiger partial charge in [0.1, 0.15) is 23.6 Å². The molecule has 0 radical (unpaired) electrons. The number of nitrogens with zero attached hydrogens (tertiary/aromatic N) is 3. The molecular weight excluding hydrogens is 418 g/mol. The van der Waals surface area contributed by atoms with Crippen molar-refractivity contribution in [3.8, 4) is 11.3 Å². The summed E-state index contributed by atoms with van der Waals surface area (Å²) < 4.78 is 29.2. The number of hydrogen-bond acceptors (Lipinski definition) is 6. The van der Waals surface area contributed by atoms with E-state index in [9.17, 15) is 18.4 Å². The summed E-state index contributed by atoms with van der Waals surface area (Å²) in [6, 6.07) is 7.73. The van der Waals surface area contributed by atoms with Gasteiger partial charge in [-0.3, -0.25) is 4.79 Å². The number of rotatable bonds is 6. The molecule has 4 rings (SSSR count). The Bertz CT molecular complexity index is 1200. The molecule has 1 aliphatic heterocycles. The van der Waals surface area contributed by atoms with E-state index in [1.807, 2.05) is 6.92 Å². The van der Waals surface area contributed by atoms with Crippen LogP contribution in [0.1, 0.15) is 21.5 Å². The van der Waals surface area contributed by atoms with Crippen LogP contribution in [0.25, 0.3) is 11.3 Å². The first-order valence-electron chi connectivity index (χ1n) is 9.87. The number of nitrogens with one attached hydrogen (secondary N) is 2. The number of carbonyl (C=O) groups is 2. The van der Waals surface area contributed by atoms with Crippen molar-refractivity contribution in [2.45, 2.75) is 13.5 Å². The van der Waals surface area contributed by atoms with Gasteiger partial charge in [0.05, 0.1) is 12.2 Å². The average Bonchev–Trinajstić information content (AvgIpc) is 2.78. The van der Waals surface area contributed by atoms with Gasteiger partial charge in [-0.05, 0) is 30.7 Å². The van der Waals surface area contributed by atoms with Crippen LogP contribution in [0.5, 0.6) is 0 Å². The van der Waals surface area contributed by atoms with Gasteiger partial charge in [0.25, 0.3) is 0 Å². The summed E-state index contributed by atoms with van der Waals surface area (Å²) in [7, 11) is 0. The number of para-hydroxylation sites is 1. The van der Waals surface area contributed by atoms with E-state index in [2.05, 4.69) is 20.6 Å². The SMILES string of the molecule is Cc1ccc(C=O)cc1-c1nc(NCCN)nc2c1CNC(=O)N2c1c(F)cccc1F. The topological polar surface area (TPSA) is 113 Å². The molecule has 2 amide bonds. The summed E-state index contributed by atoms with van der Waals surface area (Å²) in [5, 5.41) is 5.58. The number of aldehydes is 1. The van der Waals surface area contributed by atoms with E-state index in [1.54, 1.807) is 18.2 Å². The van der Waals surface area contributed by atoms with Crippen molar-refractivity contribution in [1.82, 2.24) is 15.3 Å². The first kappa shape index (κ1) is 21.3. The van der Waals surface area contributed by atoms with Crippen molar-refractivity contribution in [3.05, 3.63) is 64.7 Å². The molecule has 3 aromatic rings. The van der Waals surface area contributed by atoms with E-state index in [1.165, 1.54) is 6.07 Å². The molecule has 2 heterocycles. The Hall–Kier alpha value is -3.92. The number of fused-ring (bicyclic) bond motifs is 1. The lowest BCUT2D eigenvalue weighted by molar-refractivity contribution is 0.112. The summed E-state index contributed by atoms with van der Waals surface area (Å²) >= 11 is 0. The molecule has 0 aliphatic carbocycles. The molecule has 0 bridgehead atoms. The van der Waals surface area contributed by atoms with Gasteiger partial charge >= 0.3 is 6.03 Å². The van der Waals surface area contributed by atoms with Crippen molar-refractivity contribution < 1.29 is 18.4 Å². The molecule has 4 N–H and O–H groups in total. The number of aromatic nitrogens is 2. The fraction of sp³-hybridized carbons (Fsp3) is 0.182. The minimum absolute atomic E-state index is 0.0397. The largest absolute Gasteiger partial charge is 0.353 e. The van der Waals surface area contributed by atoms with Gasteiger partial charge in [-0.15, -0.1) is 0 Å². The van der Waals surface area contributed by atoms with Gasteiger partial charge in [0.15, 0.2) is 5.82 Å². The third-order valence-corrected chi connectivity index (χ3v) is 5.06. The van der Waals surface area contributed by atoms with Crippen LogP contribution in [-0.2, 0) is 6.54 Å². The van der Waals surface area contributed by atoms with Crippen LogP contribution >= 0.6 is 0 Å². The first-order valence-corrected chi connectivity index (χ1v) is 9.87. The number of aryl methyl sites for hydroxylation is 1. The fourth-order valence-electron chi connectivity index (χ4n) is 3.52. The molecule has 0 saturated carbocycles. The predicted octanol–water partition coefficient (Wildman–Crippen LogP) is 3.27. The van der Waals surface area contributed by atoms with Crippen molar-refractivity contribution in [2.75, 3.05) is 23.3 Å². The molecule has 164 valence electrons. The number of halogens is 2. The zero-order chi connectivity index (χ0) is 22.8. The lowest BCUT2D eigenvalue weighted by Gasteiger charge is -2.31. The molecule has 8 nitrogen and oxygen atoms in total. The molecule has 1 aromatic heterocycles. The van der Waals surface area contributed by atoms with Gasteiger partial charge in [-0.25, -0.2) is 23.5 Å². The Morgan fingerprint density at radius 2 is 1.97 bits per heavy atom. The highest BCUT2D eigenvalue weighted by Gasteiger charge is 2.34. The van der Waals surface area contributed by atoms with E-state index in [0.29, 0.717) is 41.8 Å². The highest BCUT2D eigenvalue weighted by atomic mass is 19.1. The molecule has 2 aromatic carbocycles. The number of amides is 2. The Morgan fingerprint density at radius 3 is 2.66 bits per heavy atom. The maximum absolute atomic E-state index is 14.6. The molecule has 32 heavy (non-hydrogen) atoms. The molecule has 0 atom stereocenters. The summed E-state index contributed by atoms with van der Waals surface area (Å²) in [6.45, 7) is 2.52. The van der Waals surface area contributed by atoms with Crippen LogP contribution < -0.4 is 21.3 Å². The van der Waals surface area contributed by atoms with Crippen molar-refractivity contribution in [1.29, 1.82) is 0 Å². The average molecular weight is 438 g/mol. The molecule has 10 heteroatoms. The van der Waals surface area contributed by atoms with Gasteiger partial charge in [-0.2, -0.15) is 4.98 Å². The van der Waals surface area contributed by atoms with E-state index < -0.39 is 23.4 Å². The third-order valence-electron chi connectivity index (χ3n) is 5.06. The highest BCUT2D eigenvalue weighted by Crippen LogP contribution is 2.39. The van der Waals surface area contributed by atoms with Gasteiger partial charge in [0.2, 0.25) is 5.95 Å². The minimum Gasteiger partial charge on any atom is -0.353 e. The van der Waals surface area contributed by atoms with Crippen LogP contribution in [0, 0.1) is 18.6 Å². The standard InChI is InChI=1S/C22H20F2N6O2/c1-12-5-6-13(11-31)9-14(12)18-15-10-27-22(32)30(19-16(23)3-2-4-17(19)24)20(15)29-21(28-18)26-8-7-25/h2-6,9,11H,7-8,10,25H2,1H3,(H,27,32)(H,26,28,29). The van der Waals surface area contributed by atoms with E-state index in [4.69, 9.17) is 5.73 Å².